The highest BCUT2D eigenvalue weighted by atomic mass is 16.4. The van der Waals surface area contributed by atoms with E-state index in [4.69, 9.17) is 0 Å². The Morgan fingerprint density at radius 1 is 1.35 bits per heavy atom. The van der Waals surface area contributed by atoms with E-state index in [0.29, 0.717) is 5.56 Å². The fraction of sp³-hybridized carbons (Fsp3) is 0.357. The van der Waals surface area contributed by atoms with Gasteiger partial charge in [-0.2, -0.15) is 5.10 Å². The van der Waals surface area contributed by atoms with Crippen molar-refractivity contribution in [3.63, 3.8) is 0 Å². The molecule has 1 unspecified atom stereocenters. The molecule has 6 heteroatoms. The van der Waals surface area contributed by atoms with Gasteiger partial charge in [0.05, 0.1) is 11.7 Å². The Kier molecular flexibility index (Phi) is 3.48. The Morgan fingerprint density at radius 3 is 2.65 bits per heavy atom. The van der Waals surface area contributed by atoms with Crippen LogP contribution in [0.1, 0.15) is 31.1 Å². The molecule has 2 rings (SSSR count). The number of aromatic amines is 1. The summed E-state index contributed by atoms with van der Waals surface area (Å²) < 4.78 is 0. The topological polar surface area (TPSA) is 95.1 Å². The molecule has 0 radical (unpaired) electrons. The number of aromatic nitrogens is 2. The predicted octanol–water partition coefficient (Wildman–Crippen LogP) is 1.79. The molecule has 0 saturated carbocycles. The molecule has 1 aromatic heterocycles. The van der Waals surface area contributed by atoms with Crippen LogP contribution in [0.25, 0.3) is 10.9 Å². The number of nitrogens with one attached hydrogen (secondary N) is 2. The number of carboxylic acids is 1. The molecule has 0 bridgehead atoms. The zero-order chi connectivity index (χ0) is 14.9. The Bertz CT molecular complexity index is 655. The molecule has 0 aliphatic carbocycles. The average molecular weight is 275 g/mol. The third kappa shape index (κ3) is 2.79. The first-order chi connectivity index (χ1) is 9.29. The standard InChI is InChI=1S/C14H17N3O3/c1-14(2,3)11(13(19)20)16-12(18)8-4-5-10-9(6-8)7-15-17-10/h4-7,11H,1-3H3,(H,15,17)(H,16,18)(H,19,20). The lowest BCUT2D eigenvalue weighted by molar-refractivity contribution is -0.142. The van der Waals surface area contributed by atoms with Crippen molar-refractivity contribution in [1.29, 1.82) is 0 Å². The Balaban J connectivity index is 2.24. The van der Waals surface area contributed by atoms with Crippen molar-refractivity contribution in [2.45, 2.75) is 26.8 Å². The van der Waals surface area contributed by atoms with Crippen molar-refractivity contribution in [3.8, 4) is 0 Å². The van der Waals surface area contributed by atoms with E-state index >= 15 is 0 Å². The van der Waals surface area contributed by atoms with E-state index < -0.39 is 23.3 Å². The van der Waals surface area contributed by atoms with E-state index in [1.54, 1.807) is 45.2 Å². The van der Waals surface area contributed by atoms with Gasteiger partial charge in [0.25, 0.3) is 5.91 Å². The molecule has 0 aliphatic heterocycles. The number of hydrogen-bond donors (Lipinski definition) is 3. The van der Waals surface area contributed by atoms with Crippen LogP contribution < -0.4 is 5.32 Å². The Labute approximate surface area is 116 Å². The van der Waals surface area contributed by atoms with E-state index in [-0.39, 0.29) is 0 Å². The highest BCUT2D eigenvalue weighted by Gasteiger charge is 2.32. The van der Waals surface area contributed by atoms with Gasteiger partial charge in [-0.25, -0.2) is 4.79 Å². The summed E-state index contributed by atoms with van der Waals surface area (Å²) in [4.78, 5) is 23.4. The van der Waals surface area contributed by atoms with E-state index in [9.17, 15) is 14.7 Å². The van der Waals surface area contributed by atoms with Gasteiger partial charge >= 0.3 is 5.97 Å². The van der Waals surface area contributed by atoms with Crippen LogP contribution in [-0.2, 0) is 4.79 Å². The number of benzene rings is 1. The average Bonchev–Trinajstić information content (AvgIpc) is 2.80. The van der Waals surface area contributed by atoms with Crippen molar-refractivity contribution in [2.75, 3.05) is 0 Å². The summed E-state index contributed by atoms with van der Waals surface area (Å²) in [5, 5.41) is 19.3. The summed E-state index contributed by atoms with van der Waals surface area (Å²) >= 11 is 0. The number of carboxylic acid groups (broad SMARTS) is 1. The van der Waals surface area contributed by atoms with Gasteiger partial charge in [-0.1, -0.05) is 20.8 Å². The lowest BCUT2D eigenvalue weighted by Crippen LogP contribution is -2.49. The van der Waals surface area contributed by atoms with Gasteiger partial charge in [-0.15, -0.1) is 0 Å². The highest BCUT2D eigenvalue weighted by Crippen LogP contribution is 2.20. The molecule has 0 saturated heterocycles. The summed E-state index contributed by atoms with van der Waals surface area (Å²) in [6.45, 7) is 5.31. The lowest BCUT2D eigenvalue weighted by Gasteiger charge is -2.27. The normalized spacial score (nSPS) is 13.2. The van der Waals surface area contributed by atoms with Gasteiger partial charge in [0, 0.05) is 10.9 Å². The molecule has 3 N–H and O–H groups in total. The number of nitrogens with zero attached hydrogens (tertiary/aromatic N) is 1. The van der Waals surface area contributed by atoms with Crippen LogP contribution in [0.15, 0.2) is 24.4 Å². The second kappa shape index (κ2) is 4.96. The minimum absolute atomic E-state index is 0.407. The molecule has 106 valence electrons. The van der Waals surface area contributed by atoms with Crippen molar-refractivity contribution in [1.82, 2.24) is 15.5 Å². The summed E-state index contributed by atoms with van der Waals surface area (Å²) in [6, 6.07) is 4.10. The van der Waals surface area contributed by atoms with E-state index in [1.165, 1.54) is 0 Å². The third-order valence-electron chi connectivity index (χ3n) is 3.09. The first-order valence-electron chi connectivity index (χ1n) is 6.26. The smallest absolute Gasteiger partial charge is 0.326 e. The van der Waals surface area contributed by atoms with Crippen LogP contribution in [0.4, 0.5) is 0 Å². The molecule has 1 amide bonds. The Hall–Kier alpha value is -2.37. The van der Waals surface area contributed by atoms with Crippen LogP contribution in [0.5, 0.6) is 0 Å². The maximum Gasteiger partial charge on any atom is 0.326 e. The number of aliphatic carboxylic acids is 1. The largest absolute Gasteiger partial charge is 0.480 e. The third-order valence-corrected chi connectivity index (χ3v) is 3.09. The van der Waals surface area contributed by atoms with E-state index in [1.807, 2.05) is 0 Å². The minimum atomic E-state index is -1.05. The SMILES string of the molecule is CC(C)(C)C(NC(=O)c1ccc2[nH]ncc2c1)C(=O)O. The monoisotopic (exact) mass is 275 g/mol. The van der Waals surface area contributed by atoms with Gasteiger partial charge in [0.15, 0.2) is 0 Å². The van der Waals surface area contributed by atoms with Crippen LogP contribution >= 0.6 is 0 Å². The molecule has 0 fully saturated rings. The maximum absolute atomic E-state index is 12.2. The van der Waals surface area contributed by atoms with Gasteiger partial charge in [-0.05, 0) is 23.6 Å². The number of amides is 1. The quantitative estimate of drug-likeness (QED) is 0.795. The van der Waals surface area contributed by atoms with E-state index in [2.05, 4.69) is 15.5 Å². The summed E-state index contributed by atoms with van der Waals surface area (Å²) in [7, 11) is 0. The van der Waals surface area contributed by atoms with Crippen LogP contribution in [0.2, 0.25) is 0 Å². The fourth-order valence-corrected chi connectivity index (χ4v) is 1.95. The van der Waals surface area contributed by atoms with Crippen LogP contribution in [-0.4, -0.2) is 33.2 Å². The van der Waals surface area contributed by atoms with Crippen molar-refractivity contribution in [2.24, 2.45) is 5.41 Å². The van der Waals surface area contributed by atoms with E-state index in [0.717, 1.165) is 10.9 Å². The predicted molar refractivity (Wildman–Crippen MR) is 74.4 cm³/mol. The zero-order valence-electron chi connectivity index (χ0n) is 11.6. The summed E-state index contributed by atoms with van der Waals surface area (Å²) in [5.41, 5.74) is 0.669. The molecule has 1 aromatic carbocycles. The fourth-order valence-electron chi connectivity index (χ4n) is 1.95. The second-order valence-electron chi connectivity index (χ2n) is 5.78. The first kappa shape index (κ1) is 14.0. The molecule has 20 heavy (non-hydrogen) atoms. The molecule has 1 heterocycles. The van der Waals surface area contributed by atoms with Crippen molar-refractivity contribution >= 4 is 22.8 Å². The van der Waals surface area contributed by atoms with Crippen molar-refractivity contribution in [3.05, 3.63) is 30.0 Å². The number of H-pyrrole nitrogens is 1. The van der Waals surface area contributed by atoms with Gasteiger partial charge in [-0.3, -0.25) is 9.89 Å². The molecule has 2 aromatic rings. The molecular formula is C14H17N3O3. The number of carbonyl (C=O) groups is 2. The molecular weight excluding hydrogens is 258 g/mol. The number of carbonyl (C=O) groups excluding carboxylic acids is 1. The number of hydrogen-bond acceptors (Lipinski definition) is 3. The van der Waals surface area contributed by atoms with Crippen LogP contribution in [0.3, 0.4) is 0 Å². The summed E-state index contributed by atoms with van der Waals surface area (Å²) in [5.74, 6) is -1.45. The second-order valence-corrected chi connectivity index (χ2v) is 5.78. The minimum Gasteiger partial charge on any atom is -0.480 e. The molecule has 1 atom stereocenters. The zero-order valence-corrected chi connectivity index (χ0v) is 11.6. The van der Waals surface area contributed by atoms with Crippen molar-refractivity contribution < 1.29 is 14.7 Å². The molecule has 0 aliphatic rings. The summed E-state index contributed by atoms with van der Waals surface area (Å²) in [6.07, 6.45) is 1.62. The molecule has 0 spiro atoms. The number of rotatable bonds is 3. The van der Waals surface area contributed by atoms with Gasteiger partial charge < -0.3 is 10.4 Å². The lowest BCUT2D eigenvalue weighted by atomic mass is 9.86. The van der Waals surface area contributed by atoms with Crippen LogP contribution in [0, 0.1) is 5.41 Å². The molecule has 6 nitrogen and oxygen atoms in total. The Morgan fingerprint density at radius 2 is 2.05 bits per heavy atom. The highest BCUT2D eigenvalue weighted by molar-refractivity contribution is 5.99. The maximum atomic E-state index is 12.2. The number of fused-ring (bicyclic) bond motifs is 1. The van der Waals surface area contributed by atoms with Gasteiger partial charge in [0.1, 0.15) is 6.04 Å². The first-order valence-corrected chi connectivity index (χ1v) is 6.26. The van der Waals surface area contributed by atoms with Gasteiger partial charge in [0.2, 0.25) is 0 Å².